The second-order valence-corrected chi connectivity index (χ2v) is 8.23. The van der Waals surface area contributed by atoms with Crippen molar-refractivity contribution in [2.75, 3.05) is 11.9 Å². The molecule has 0 unspecified atom stereocenters. The first kappa shape index (κ1) is 17.5. The van der Waals surface area contributed by atoms with E-state index in [1.807, 2.05) is 39.1 Å². The van der Waals surface area contributed by atoms with Crippen molar-refractivity contribution in [2.24, 2.45) is 5.41 Å². The molecule has 0 spiro atoms. The summed E-state index contributed by atoms with van der Waals surface area (Å²) in [5, 5.41) is 19.4. The van der Waals surface area contributed by atoms with Gasteiger partial charge in [0.15, 0.2) is 5.78 Å². The Balaban J connectivity index is 1.75. The van der Waals surface area contributed by atoms with Crippen LogP contribution in [0.1, 0.15) is 26.7 Å². The highest BCUT2D eigenvalue weighted by molar-refractivity contribution is 8.03. The number of aliphatic hydroxyl groups excluding tert-OH is 1. The molecule has 0 atom stereocenters. The maximum Gasteiger partial charge on any atom is 0.168 e. The van der Waals surface area contributed by atoms with Gasteiger partial charge in [-0.15, -0.1) is 0 Å². The number of rotatable bonds is 3. The fourth-order valence-corrected chi connectivity index (χ4v) is 4.23. The lowest BCUT2D eigenvalue weighted by Crippen LogP contribution is -2.28. The predicted molar refractivity (Wildman–Crippen MR) is 103 cm³/mol. The summed E-state index contributed by atoms with van der Waals surface area (Å²) in [6.07, 6.45) is 6.05. The number of carbonyl (C=O) groups excluding carboxylic acids is 1. The monoisotopic (exact) mass is 354 g/mol. The molecule has 1 heterocycles. The molecule has 1 aliphatic heterocycles. The van der Waals surface area contributed by atoms with Crippen LogP contribution >= 0.6 is 11.8 Å². The Labute approximate surface area is 152 Å². The molecule has 0 fully saturated rings. The first-order chi connectivity index (χ1) is 11.8. The van der Waals surface area contributed by atoms with Gasteiger partial charge in [0.1, 0.15) is 5.76 Å². The number of thioether (sulfide) groups is 1. The van der Waals surface area contributed by atoms with Gasteiger partial charge in [-0.1, -0.05) is 43.8 Å². The van der Waals surface area contributed by atoms with Crippen LogP contribution in [-0.4, -0.2) is 23.6 Å². The van der Waals surface area contributed by atoms with E-state index >= 15 is 0 Å². The molecule has 0 saturated carbocycles. The van der Waals surface area contributed by atoms with Crippen molar-refractivity contribution in [3.63, 3.8) is 0 Å². The van der Waals surface area contributed by atoms with Gasteiger partial charge in [-0.05, 0) is 29.7 Å². The second kappa shape index (κ2) is 6.56. The summed E-state index contributed by atoms with van der Waals surface area (Å²) < 4.78 is 0. The lowest BCUT2D eigenvalue weighted by molar-refractivity contribution is -0.117. The van der Waals surface area contributed by atoms with E-state index in [9.17, 15) is 9.90 Å². The number of hydrogen-bond acceptors (Lipinski definition) is 5. The molecule has 2 aliphatic rings. The van der Waals surface area contributed by atoms with Gasteiger partial charge in [-0.2, -0.15) is 0 Å². The van der Waals surface area contributed by atoms with Crippen LogP contribution in [0.3, 0.4) is 0 Å². The van der Waals surface area contributed by atoms with E-state index in [0.717, 1.165) is 10.7 Å². The second-order valence-electron chi connectivity index (χ2n) is 7.17. The normalized spacial score (nSPS) is 21.3. The van der Waals surface area contributed by atoms with Crippen molar-refractivity contribution in [1.82, 2.24) is 0 Å². The molecule has 0 saturated heterocycles. The van der Waals surface area contributed by atoms with Crippen molar-refractivity contribution in [3.8, 4) is 0 Å². The molecule has 130 valence electrons. The first-order valence-electron chi connectivity index (χ1n) is 8.22. The number of aliphatic hydroxyl groups is 1. The average Bonchev–Trinajstić information content (AvgIpc) is 2.82. The zero-order valence-corrected chi connectivity index (χ0v) is 15.5. The van der Waals surface area contributed by atoms with E-state index in [1.165, 1.54) is 4.90 Å². The number of allylic oxidation sites excluding steroid dienone is 5. The number of hydrogen-bond donors (Lipinski definition) is 2. The Kier molecular flexibility index (Phi) is 4.60. The maximum atomic E-state index is 12.3. The van der Waals surface area contributed by atoms with Crippen LogP contribution in [0.5, 0.6) is 0 Å². The van der Waals surface area contributed by atoms with Crippen molar-refractivity contribution >= 4 is 28.9 Å². The van der Waals surface area contributed by atoms with Crippen LogP contribution in [0, 0.1) is 10.8 Å². The van der Waals surface area contributed by atoms with Crippen molar-refractivity contribution in [2.45, 2.75) is 31.6 Å². The van der Waals surface area contributed by atoms with Crippen LogP contribution in [0.2, 0.25) is 0 Å². The molecule has 5 heteroatoms. The SMILES string of the molecule is CN1/C(=C\C=C\C(=N)C2=C(O)CC(C)(C)CC2=O)Sc2ccccc21. The third-order valence-electron chi connectivity index (χ3n) is 4.40. The van der Waals surface area contributed by atoms with E-state index < -0.39 is 0 Å². The third-order valence-corrected chi connectivity index (χ3v) is 5.58. The summed E-state index contributed by atoms with van der Waals surface area (Å²) >= 11 is 1.67. The molecule has 0 aromatic heterocycles. The minimum absolute atomic E-state index is 0.0308. The van der Waals surface area contributed by atoms with Gasteiger partial charge in [-0.3, -0.25) is 4.79 Å². The van der Waals surface area contributed by atoms with E-state index in [0.29, 0.717) is 12.8 Å². The molecule has 0 amide bonds. The van der Waals surface area contributed by atoms with Crippen LogP contribution < -0.4 is 4.90 Å². The minimum atomic E-state index is -0.244. The van der Waals surface area contributed by atoms with Crippen LogP contribution in [-0.2, 0) is 4.79 Å². The summed E-state index contributed by atoms with van der Waals surface area (Å²) in [6, 6.07) is 8.17. The summed E-state index contributed by atoms with van der Waals surface area (Å²) in [6.45, 7) is 3.90. The Morgan fingerprint density at radius 3 is 2.72 bits per heavy atom. The fourth-order valence-electron chi connectivity index (χ4n) is 3.17. The Morgan fingerprint density at radius 2 is 2.04 bits per heavy atom. The topological polar surface area (TPSA) is 64.4 Å². The number of nitrogens with one attached hydrogen (secondary N) is 1. The van der Waals surface area contributed by atoms with Gasteiger partial charge in [0, 0.05) is 24.8 Å². The molecule has 1 aromatic carbocycles. The summed E-state index contributed by atoms with van der Waals surface area (Å²) in [4.78, 5) is 15.6. The number of carbonyl (C=O) groups is 1. The average molecular weight is 354 g/mol. The molecular weight excluding hydrogens is 332 g/mol. The minimum Gasteiger partial charge on any atom is -0.511 e. The molecule has 25 heavy (non-hydrogen) atoms. The molecule has 4 nitrogen and oxygen atoms in total. The number of nitrogens with zero attached hydrogens (tertiary/aromatic N) is 1. The lowest BCUT2D eigenvalue weighted by Gasteiger charge is -2.29. The van der Waals surface area contributed by atoms with E-state index in [1.54, 1.807) is 23.9 Å². The van der Waals surface area contributed by atoms with Crippen molar-refractivity contribution in [3.05, 3.63) is 58.9 Å². The maximum absolute atomic E-state index is 12.3. The molecular formula is C20H22N2O2S. The van der Waals surface area contributed by atoms with Gasteiger partial charge in [-0.25, -0.2) is 0 Å². The molecule has 1 aliphatic carbocycles. The molecule has 2 N–H and O–H groups in total. The van der Waals surface area contributed by atoms with Gasteiger partial charge in [0.05, 0.1) is 22.0 Å². The zero-order chi connectivity index (χ0) is 18.2. The van der Waals surface area contributed by atoms with Crippen LogP contribution in [0.25, 0.3) is 0 Å². The van der Waals surface area contributed by atoms with Gasteiger partial charge in [0.25, 0.3) is 0 Å². The number of anilines is 1. The van der Waals surface area contributed by atoms with Crippen molar-refractivity contribution < 1.29 is 9.90 Å². The highest BCUT2D eigenvalue weighted by atomic mass is 32.2. The van der Waals surface area contributed by atoms with Crippen molar-refractivity contribution in [1.29, 1.82) is 5.41 Å². The van der Waals surface area contributed by atoms with Crippen LogP contribution in [0.15, 0.2) is 63.8 Å². The number of Topliss-reactive ketones (excluding diaryl/α,β-unsaturated/α-hetero) is 1. The predicted octanol–water partition coefficient (Wildman–Crippen LogP) is 4.85. The fraction of sp³-hybridized carbons (Fsp3) is 0.300. The Bertz CT molecular complexity index is 834. The third kappa shape index (κ3) is 3.56. The molecule has 0 radical (unpaired) electrons. The molecule has 3 rings (SSSR count). The quantitative estimate of drug-likeness (QED) is 0.762. The molecule has 1 aromatic rings. The standard InChI is InChI=1S/C20H22N2O2S/c1-20(2)11-15(23)19(16(24)12-20)13(21)7-6-10-18-22(3)14-8-4-5-9-17(14)25-18/h4-10,21,23H,11-12H2,1-3H3/b7-6+,18-10+,21-13?. The summed E-state index contributed by atoms with van der Waals surface area (Å²) in [5.41, 5.74) is 1.14. The Hall–Kier alpha value is -2.27. The molecule has 0 bridgehead atoms. The van der Waals surface area contributed by atoms with Gasteiger partial charge in [0.2, 0.25) is 0 Å². The smallest absolute Gasteiger partial charge is 0.168 e. The van der Waals surface area contributed by atoms with E-state index in [2.05, 4.69) is 17.0 Å². The largest absolute Gasteiger partial charge is 0.511 e. The van der Waals surface area contributed by atoms with Gasteiger partial charge < -0.3 is 15.4 Å². The highest BCUT2D eigenvalue weighted by Gasteiger charge is 2.34. The van der Waals surface area contributed by atoms with E-state index in [-0.39, 0.29) is 28.2 Å². The number of ketones is 1. The first-order valence-corrected chi connectivity index (χ1v) is 9.03. The van der Waals surface area contributed by atoms with Crippen LogP contribution in [0.4, 0.5) is 5.69 Å². The highest BCUT2D eigenvalue weighted by Crippen LogP contribution is 2.44. The van der Waals surface area contributed by atoms with E-state index in [4.69, 9.17) is 5.41 Å². The zero-order valence-electron chi connectivity index (χ0n) is 14.7. The summed E-state index contributed by atoms with van der Waals surface area (Å²) in [7, 11) is 2.00. The van der Waals surface area contributed by atoms with Gasteiger partial charge >= 0.3 is 0 Å². The number of benzene rings is 1. The Morgan fingerprint density at radius 1 is 1.32 bits per heavy atom. The lowest BCUT2D eigenvalue weighted by atomic mass is 9.75. The number of para-hydroxylation sites is 1. The number of fused-ring (bicyclic) bond motifs is 1. The summed E-state index contributed by atoms with van der Waals surface area (Å²) in [5.74, 6) is -0.126.